The molecule has 4 heteroatoms. The molecule has 0 saturated heterocycles. The van der Waals surface area contributed by atoms with Crippen molar-refractivity contribution in [1.82, 2.24) is 5.32 Å². The van der Waals surface area contributed by atoms with Crippen LogP contribution in [0, 0.1) is 5.92 Å². The van der Waals surface area contributed by atoms with Crippen molar-refractivity contribution in [1.29, 1.82) is 0 Å². The first kappa shape index (κ1) is 21.9. The molecule has 2 aromatic carbocycles. The molecule has 1 aliphatic rings. The van der Waals surface area contributed by atoms with E-state index in [-0.39, 0.29) is 11.5 Å². The fourth-order valence-electron chi connectivity index (χ4n) is 4.24. The molecule has 1 aliphatic heterocycles. The Kier molecular flexibility index (Phi) is 7.56. The maximum atomic E-state index is 12.8. The topological polar surface area (TPSA) is 58.6 Å². The summed E-state index contributed by atoms with van der Waals surface area (Å²) >= 11 is 0. The van der Waals surface area contributed by atoms with Gasteiger partial charge in [-0.2, -0.15) is 0 Å². The third-order valence-electron chi connectivity index (χ3n) is 5.57. The van der Waals surface area contributed by atoms with Crippen LogP contribution >= 0.6 is 0 Å². The highest BCUT2D eigenvalue weighted by molar-refractivity contribution is 5.89. The SMILES string of the molecule is CC(C)CC1(CCc2ccccc2)CC(O)=C(NCCCc2ccccc2)C(=O)O1. The summed E-state index contributed by atoms with van der Waals surface area (Å²) in [7, 11) is 0. The quantitative estimate of drug-likeness (QED) is 0.412. The summed E-state index contributed by atoms with van der Waals surface area (Å²) in [5, 5.41) is 13.8. The van der Waals surface area contributed by atoms with Crippen LogP contribution in [0.25, 0.3) is 0 Å². The second-order valence-electron chi connectivity index (χ2n) is 8.67. The largest absolute Gasteiger partial charge is 0.510 e. The van der Waals surface area contributed by atoms with E-state index in [1.807, 2.05) is 36.4 Å². The third-order valence-corrected chi connectivity index (χ3v) is 5.57. The molecule has 0 spiro atoms. The number of cyclic esters (lactones) is 1. The maximum absolute atomic E-state index is 12.8. The van der Waals surface area contributed by atoms with Crippen LogP contribution < -0.4 is 5.32 Å². The van der Waals surface area contributed by atoms with Gasteiger partial charge in [0.1, 0.15) is 11.4 Å². The van der Waals surface area contributed by atoms with E-state index in [0.717, 1.165) is 25.7 Å². The van der Waals surface area contributed by atoms with E-state index in [1.54, 1.807) is 0 Å². The number of hydrogen-bond acceptors (Lipinski definition) is 4. The van der Waals surface area contributed by atoms with Crippen molar-refractivity contribution in [2.45, 2.75) is 58.0 Å². The molecule has 1 atom stereocenters. The molecule has 1 heterocycles. The Morgan fingerprint density at radius 2 is 1.60 bits per heavy atom. The van der Waals surface area contributed by atoms with E-state index >= 15 is 0 Å². The number of aliphatic hydroxyl groups excluding tert-OH is 1. The minimum absolute atomic E-state index is 0.125. The fourth-order valence-corrected chi connectivity index (χ4v) is 4.24. The van der Waals surface area contributed by atoms with Crippen LogP contribution in [0.1, 0.15) is 50.7 Å². The highest BCUT2D eigenvalue weighted by Crippen LogP contribution is 2.37. The number of benzene rings is 2. The molecule has 0 aliphatic carbocycles. The molecule has 160 valence electrons. The lowest BCUT2D eigenvalue weighted by Gasteiger charge is -2.38. The maximum Gasteiger partial charge on any atom is 0.358 e. The Balaban J connectivity index is 1.62. The first-order valence-corrected chi connectivity index (χ1v) is 10.9. The monoisotopic (exact) mass is 407 g/mol. The van der Waals surface area contributed by atoms with E-state index < -0.39 is 11.6 Å². The summed E-state index contributed by atoms with van der Waals surface area (Å²) in [5.41, 5.74) is 2.05. The number of esters is 1. The Hall–Kier alpha value is -2.75. The van der Waals surface area contributed by atoms with Crippen LogP contribution in [0.3, 0.4) is 0 Å². The van der Waals surface area contributed by atoms with Gasteiger partial charge in [0.05, 0.1) is 0 Å². The van der Waals surface area contributed by atoms with Gasteiger partial charge in [-0.3, -0.25) is 0 Å². The number of aryl methyl sites for hydroxylation is 2. The normalized spacial score (nSPS) is 19.1. The fraction of sp³-hybridized carbons (Fsp3) is 0.423. The van der Waals surface area contributed by atoms with E-state index in [2.05, 4.69) is 43.4 Å². The smallest absolute Gasteiger partial charge is 0.358 e. The molecule has 0 saturated carbocycles. The molecule has 2 N–H and O–H groups in total. The van der Waals surface area contributed by atoms with Gasteiger partial charge < -0.3 is 15.2 Å². The van der Waals surface area contributed by atoms with Gasteiger partial charge in [-0.1, -0.05) is 74.5 Å². The van der Waals surface area contributed by atoms with Crippen molar-refractivity contribution in [2.75, 3.05) is 6.54 Å². The lowest BCUT2D eigenvalue weighted by atomic mass is 9.82. The van der Waals surface area contributed by atoms with Crippen LogP contribution in [0.2, 0.25) is 0 Å². The van der Waals surface area contributed by atoms with Gasteiger partial charge in [0.2, 0.25) is 0 Å². The predicted octanol–water partition coefficient (Wildman–Crippen LogP) is 5.34. The van der Waals surface area contributed by atoms with Crippen molar-refractivity contribution in [3.63, 3.8) is 0 Å². The standard InChI is InChI=1S/C26H33NO3/c1-20(2)18-26(16-15-22-12-7-4-8-13-22)19-23(28)24(25(29)30-26)27-17-9-14-21-10-5-3-6-11-21/h3-8,10-13,20,27-28H,9,14-19H2,1-2H3. The summed E-state index contributed by atoms with van der Waals surface area (Å²) in [6, 6.07) is 20.5. The van der Waals surface area contributed by atoms with E-state index in [0.29, 0.717) is 25.3 Å². The molecule has 0 amide bonds. The Morgan fingerprint density at radius 3 is 2.17 bits per heavy atom. The number of carbonyl (C=O) groups excluding carboxylic acids is 1. The molecule has 3 rings (SSSR count). The molecule has 0 radical (unpaired) electrons. The molecule has 30 heavy (non-hydrogen) atoms. The van der Waals surface area contributed by atoms with Gasteiger partial charge >= 0.3 is 5.97 Å². The van der Waals surface area contributed by atoms with Gasteiger partial charge in [0, 0.05) is 13.0 Å². The average molecular weight is 408 g/mol. The molecular formula is C26H33NO3. The zero-order chi connectivity index (χ0) is 21.4. The van der Waals surface area contributed by atoms with Gasteiger partial charge in [-0.25, -0.2) is 4.79 Å². The van der Waals surface area contributed by atoms with Crippen LogP contribution in [0.15, 0.2) is 72.1 Å². The van der Waals surface area contributed by atoms with Crippen LogP contribution in [0.4, 0.5) is 0 Å². The van der Waals surface area contributed by atoms with Crippen molar-refractivity contribution in [3.05, 3.63) is 83.2 Å². The minimum Gasteiger partial charge on any atom is -0.510 e. The van der Waals surface area contributed by atoms with Crippen LogP contribution in [0.5, 0.6) is 0 Å². The molecule has 0 aromatic heterocycles. The highest BCUT2D eigenvalue weighted by Gasteiger charge is 2.42. The molecule has 4 nitrogen and oxygen atoms in total. The predicted molar refractivity (Wildman–Crippen MR) is 120 cm³/mol. The number of hydrogen-bond donors (Lipinski definition) is 2. The summed E-state index contributed by atoms with van der Waals surface area (Å²) < 4.78 is 5.99. The van der Waals surface area contributed by atoms with Crippen LogP contribution in [-0.4, -0.2) is 23.2 Å². The Morgan fingerprint density at radius 1 is 1.00 bits per heavy atom. The van der Waals surface area contributed by atoms with Crippen molar-refractivity contribution >= 4 is 5.97 Å². The summed E-state index contributed by atoms with van der Waals surface area (Å²) in [6.45, 7) is 4.86. The summed E-state index contributed by atoms with van der Waals surface area (Å²) in [5.74, 6) is 0.0496. The highest BCUT2D eigenvalue weighted by atomic mass is 16.6. The zero-order valence-corrected chi connectivity index (χ0v) is 18.1. The van der Waals surface area contributed by atoms with E-state index in [1.165, 1.54) is 11.1 Å². The Bertz CT molecular complexity index is 845. The number of ether oxygens (including phenoxy) is 1. The van der Waals surface area contributed by atoms with Gasteiger partial charge in [-0.15, -0.1) is 0 Å². The van der Waals surface area contributed by atoms with Crippen LogP contribution in [-0.2, 0) is 22.4 Å². The molecular weight excluding hydrogens is 374 g/mol. The number of nitrogens with one attached hydrogen (secondary N) is 1. The lowest BCUT2D eigenvalue weighted by Crippen LogP contribution is -2.44. The van der Waals surface area contributed by atoms with Crippen molar-refractivity contribution < 1.29 is 14.6 Å². The summed E-state index contributed by atoms with van der Waals surface area (Å²) in [6.07, 6.45) is 4.41. The first-order valence-electron chi connectivity index (χ1n) is 10.9. The molecule has 1 unspecified atom stereocenters. The number of carbonyl (C=O) groups is 1. The van der Waals surface area contributed by atoms with Crippen molar-refractivity contribution in [3.8, 4) is 0 Å². The number of rotatable bonds is 10. The zero-order valence-electron chi connectivity index (χ0n) is 18.1. The van der Waals surface area contributed by atoms with E-state index in [4.69, 9.17) is 4.74 Å². The minimum atomic E-state index is -0.652. The van der Waals surface area contributed by atoms with Gasteiger partial charge in [0.15, 0.2) is 5.70 Å². The van der Waals surface area contributed by atoms with Gasteiger partial charge in [-0.05, 0) is 49.1 Å². The second kappa shape index (κ2) is 10.3. The van der Waals surface area contributed by atoms with Gasteiger partial charge in [0.25, 0.3) is 0 Å². The molecule has 2 aromatic rings. The first-order chi connectivity index (χ1) is 14.5. The van der Waals surface area contributed by atoms with E-state index in [9.17, 15) is 9.90 Å². The molecule has 0 fully saturated rings. The average Bonchev–Trinajstić information content (AvgIpc) is 2.72. The summed E-state index contributed by atoms with van der Waals surface area (Å²) in [4.78, 5) is 12.8. The Labute approximate surface area is 180 Å². The number of aliphatic hydroxyl groups is 1. The lowest BCUT2D eigenvalue weighted by molar-refractivity contribution is -0.162. The molecule has 0 bridgehead atoms. The second-order valence-corrected chi connectivity index (χ2v) is 8.67. The third kappa shape index (κ3) is 6.12. The van der Waals surface area contributed by atoms with Crippen molar-refractivity contribution in [2.24, 2.45) is 5.92 Å².